The van der Waals surface area contributed by atoms with Crippen molar-refractivity contribution in [3.63, 3.8) is 0 Å². The summed E-state index contributed by atoms with van der Waals surface area (Å²) in [7, 11) is 0. The third-order valence-electron chi connectivity index (χ3n) is 12.4. The summed E-state index contributed by atoms with van der Waals surface area (Å²) in [6.07, 6.45) is 0. The average molecular weight is 765 g/mol. The SMILES string of the molecule is c1ccc(-c2ccc(-c3nc(-c4cc5ccc6cccc7c8cccc9ccc%10cccc(c(c4)c5c67)c%10c98)cc(-c4cccc5sc6ccccc6c45)n3)cc2)cc1. The molecule has 0 amide bonds. The number of aromatic nitrogens is 2. The second-order valence-electron chi connectivity index (χ2n) is 15.6. The van der Waals surface area contributed by atoms with Gasteiger partial charge in [0.15, 0.2) is 5.82 Å². The molecule has 0 aliphatic carbocycles. The molecule has 0 saturated heterocycles. The molecule has 272 valence electrons. The van der Waals surface area contributed by atoms with E-state index in [1.165, 1.54) is 95.9 Å². The summed E-state index contributed by atoms with van der Waals surface area (Å²) in [6, 6.07) is 71.0. The molecule has 2 heterocycles. The highest BCUT2D eigenvalue weighted by molar-refractivity contribution is 7.25. The number of rotatable bonds is 4. The van der Waals surface area contributed by atoms with Crippen LogP contribution >= 0.6 is 11.3 Å². The molecule has 2 aromatic heterocycles. The van der Waals surface area contributed by atoms with Crippen molar-refractivity contribution in [3.05, 3.63) is 194 Å². The number of benzene rings is 10. The first-order valence-corrected chi connectivity index (χ1v) is 21.0. The molecule has 13 aromatic rings. The van der Waals surface area contributed by atoms with E-state index in [4.69, 9.17) is 9.97 Å². The molecule has 0 N–H and O–H groups in total. The highest BCUT2D eigenvalue weighted by Gasteiger charge is 2.19. The molecule has 0 fully saturated rings. The van der Waals surface area contributed by atoms with Crippen molar-refractivity contribution in [1.82, 2.24) is 9.97 Å². The molecular weight excluding hydrogens is 733 g/mol. The van der Waals surface area contributed by atoms with Gasteiger partial charge in [0.1, 0.15) is 0 Å². The van der Waals surface area contributed by atoms with Gasteiger partial charge in [-0.25, -0.2) is 9.97 Å². The molecule has 0 radical (unpaired) electrons. The zero-order chi connectivity index (χ0) is 38.6. The van der Waals surface area contributed by atoms with Crippen molar-refractivity contribution < 1.29 is 0 Å². The fourth-order valence-corrected chi connectivity index (χ4v) is 10.9. The van der Waals surface area contributed by atoms with Gasteiger partial charge in [0.25, 0.3) is 0 Å². The minimum absolute atomic E-state index is 0.706. The maximum Gasteiger partial charge on any atom is 0.160 e. The lowest BCUT2D eigenvalue weighted by Gasteiger charge is -2.17. The largest absolute Gasteiger partial charge is 0.228 e. The summed E-state index contributed by atoms with van der Waals surface area (Å²) in [5.41, 5.74) is 7.32. The first-order valence-electron chi connectivity index (χ1n) is 20.1. The average Bonchev–Trinajstić information content (AvgIpc) is 3.69. The molecule has 13 rings (SSSR count). The predicted octanol–water partition coefficient (Wildman–Crippen LogP) is 15.9. The van der Waals surface area contributed by atoms with Crippen LogP contribution in [-0.2, 0) is 0 Å². The molecule has 0 spiro atoms. The van der Waals surface area contributed by atoms with Gasteiger partial charge >= 0.3 is 0 Å². The topological polar surface area (TPSA) is 25.8 Å². The van der Waals surface area contributed by atoms with E-state index in [9.17, 15) is 0 Å². The molecule has 11 aromatic carbocycles. The lowest BCUT2D eigenvalue weighted by molar-refractivity contribution is 1.19. The van der Waals surface area contributed by atoms with Gasteiger partial charge in [-0.05, 0) is 106 Å². The van der Waals surface area contributed by atoms with E-state index in [2.05, 4.69) is 194 Å². The summed E-state index contributed by atoms with van der Waals surface area (Å²) in [5.74, 6) is 0.706. The van der Waals surface area contributed by atoms with Gasteiger partial charge in [0.05, 0.1) is 11.4 Å². The molecule has 59 heavy (non-hydrogen) atoms. The summed E-state index contributed by atoms with van der Waals surface area (Å²) in [4.78, 5) is 10.8. The van der Waals surface area contributed by atoms with Gasteiger partial charge in [0, 0.05) is 36.9 Å². The van der Waals surface area contributed by atoms with Gasteiger partial charge in [0.2, 0.25) is 0 Å². The van der Waals surface area contributed by atoms with Gasteiger partial charge in [-0.3, -0.25) is 0 Å². The summed E-state index contributed by atoms with van der Waals surface area (Å²) in [6.45, 7) is 0. The highest BCUT2D eigenvalue weighted by Crippen LogP contribution is 2.45. The van der Waals surface area contributed by atoms with Crippen LogP contribution in [-0.4, -0.2) is 9.97 Å². The van der Waals surface area contributed by atoms with Crippen LogP contribution in [0.5, 0.6) is 0 Å². The fraction of sp³-hybridized carbons (Fsp3) is 0. The molecule has 0 aliphatic heterocycles. The van der Waals surface area contributed by atoms with Crippen molar-refractivity contribution in [2.45, 2.75) is 0 Å². The summed E-state index contributed by atoms with van der Waals surface area (Å²) in [5, 5.41) is 17.6. The second kappa shape index (κ2) is 12.5. The Balaban J connectivity index is 1.13. The normalized spacial score (nSPS) is 12.1. The molecular formula is C56H32N2S. The second-order valence-corrected chi connectivity index (χ2v) is 16.7. The van der Waals surface area contributed by atoms with Gasteiger partial charge < -0.3 is 0 Å². The Kier molecular flexibility index (Phi) is 6.92. The van der Waals surface area contributed by atoms with Crippen LogP contribution in [0.1, 0.15) is 0 Å². The fourth-order valence-electron chi connectivity index (χ4n) is 9.72. The van der Waals surface area contributed by atoms with E-state index < -0.39 is 0 Å². The van der Waals surface area contributed by atoms with E-state index in [0.717, 1.165) is 28.1 Å². The minimum atomic E-state index is 0.706. The Morgan fingerprint density at radius 3 is 1.53 bits per heavy atom. The van der Waals surface area contributed by atoms with E-state index in [1.54, 1.807) is 0 Å². The standard InChI is InChI=1S/C56H32N2S/c1-2-10-33(11-3-1)34-22-27-38(28-23-34)56-57-47(32-48(58-56)44-19-9-21-50-55(44)45-15-4-5-20-49(45)59-50)40-30-39-29-26-37-13-7-17-42-41-16-6-12-35-24-25-36-14-8-18-43(53(36)51(35)41)46(31-40)54(39)52(37)42/h1-32H. The maximum absolute atomic E-state index is 5.45. The number of nitrogens with zero attached hydrogens (tertiary/aromatic N) is 2. The smallest absolute Gasteiger partial charge is 0.160 e. The molecule has 2 nitrogen and oxygen atoms in total. The zero-order valence-electron chi connectivity index (χ0n) is 31.8. The molecule has 0 saturated carbocycles. The van der Waals surface area contributed by atoms with Crippen LogP contribution in [0.15, 0.2) is 194 Å². The molecule has 0 unspecified atom stereocenters. The Hall–Kier alpha value is -7.46. The predicted molar refractivity (Wildman–Crippen MR) is 253 cm³/mol. The molecule has 0 bridgehead atoms. The van der Waals surface area contributed by atoms with E-state index in [-0.39, 0.29) is 0 Å². The van der Waals surface area contributed by atoms with Crippen molar-refractivity contribution in [2.75, 3.05) is 0 Å². The minimum Gasteiger partial charge on any atom is -0.228 e. The Morgan fingerprint density at radius 1 is 0.288 bits per heavy atom. The van der Waals surface area contributed by atoms with Crippen LogP contribution in [0.25, 0.3) is 130 Å². The van der Waals surface area contributed by atoms with Crippen molar-refractivity contribution in [2.24, 2.45) is 0 Å². The van der Waals surface area contributed by atoms with Crippen LogP contribution in [0.2, 0.25) is 0 Å². The monoisotopic (exact) mass is 764 g/mol. The van der Waals surface area contributed by atoms with Gasteiger partial charge in [-0.1, -0.05) is 164 Å². The quantitative estimate of drug-likeness (QED) is 0.167. The van der Waals surface area contributed by atoms with Crippen molar-refractivity contribution in [3.8, 4) is 45.0 Å². The highest BCUT2D eigenvalue weighted by atomic mass is 32.1. The zero-order valence-corrected chi connectivity index (χ0v) is 32.6. The van der Waals surface area contributed by atoms with Crippen LogP contribution in [0.4, 0.5) is 0 Å². The van der Waals surface area contributed by atoms with Crippen molar-refractivity contribution >= 4 is 96.1 Å². The van der Waals surface area contributed by atoms with Gasteiger partial charge in [-0.2, -0.15) is 0 Å². The van der Waals surface area contributed by atoms with Crippen LogP contribution in [0, 0.1) is 0 Å². The Labute approximate surface area is 343 Å². The Bertz CT molecular complexity index is 3820. The molecule has 3 heteroatoms. The van der Waals surface area contributed by atoms with Gasteiger partial charge in [-0.15, -0.1) is 11.3 Å². The summed E-state index contributed by atoms with van der Waals surface area (Å²) < 4.78 is 2.53. The summed E-state index contributed by atoms with van der Waals surface area (Å²) >= 11 is 1.83. The number of thiophene rings is 1. The third-order valence-corrected chi connectivity index (χ3v) is 13.5. The molecule has 0 aliphatic rings. The maximum atomic E-state index is 5.45. The van der Waals surface area contributed by atoms with Crippen LogP contribution in [0.3, 0.4) is 0 Å². The molecule has 0 atom stereocenters. The lowest BCUT2D eigenvalue weighted by atomic mass is 9.87. The lowest BCUT2D eigenvalue weighted by Crippen LogP contribution is -1.97. The van der Waals surface area contributed by atoms with E-state index in [0.29, 0.717) is 5.82 Å². The number of fused-ring (bicyclic) bond motifs is 5. The number of hydrogen-bond acceptors (Lipinski definition) is 3. The van der Waals surface area contributed by atoms with Crippen molar-refractivity contribution in [1.29, 1.82) is 0 Å². The number of hydrogen-bond donors (Lipinski definition) is 0. The van der Waals surface area contributed by atoms with E-state index >= 15 is 0 Å². The van der Waals surface area contributed by atoms with Crippen LogP contribution < -0.4 is 0 Å². The third kappa shape index (κ3) is 4.92. The first-order chi connectivity index (χ1) is 29.2. The first kappa shape index (κ1) is 32.6. The van der Waals surface area contributed by atoms with E-state index in [1.807, 2.05) is 11.3 Å². The Morgan fingerprint density at radius 2 is 0.814 bits per heavy atom.